The first-order chi connectivity index (χ1) is 16.1. The summed E-state index contributed by atoms with van der Waals surface area (Å²) in [7, 11) is 0. The molecule has 0 aliphatic carbocycles. The Morgan fingerprint density at radius 3 is 2.27 bits per heavy atom. The molecule has 1 unspecified atom stereocenters. The Morgan fingerprint density at radius 1 is 0.818 bits per heavy atom. The molecule has 4 aromatic rings. The van der Waals surface area contributed by atoms with Gasteiger partial charge in [0.05, 0.1) is 17.9 Å². The third-order valence-corrected chi connectivity index (χ3v) is 5.64. The standard InChI is InChI=1S/C26H21FN4O2/c27-21-12-7-13-23(16-21)31-15-14-22(28-31)18-30-25(32)24(20-10-5-2-6-11-20)29(26(30)33)17-19-8-3-1-4-9-19/h1-16,24H,17-18H2. The lowest BCUT2D eigenvalue weighted by molar-refractivity contribution is -0.129. The van der Waals surface area contributed by atoms with Crippen molar-refractivity contribution < 1.29 is 14.0 Å². The van der Waals surface area contributed by atoms with Crippen molar-refractivity contribution >= 4 is 11.9 Å². The summed E-state index contributed by atoms with van der Waals surface area (Å²) in [4.78, 5) is 29.6. The van der Waals surface area contributed by atoms with Gasteiger partial charge in [-0.15, -0.1) is 0 Å². The van der Waals surface area contributed by atoms with Crippen LogP contribution < -0.4 is 0 Å². The summed E-state index contributed by atoms with van der Waals surface area (Å²) in [6, 6.07) is 25.6. The Labute approximate surface area is 190 Å². The molecule has 6 nitrogen and oxygen atoms in total. The third-order valence-electron chi connectivity index (χ3n) is 5.64. The maximum absolute atomic E-state index is 13.6. The maximum Gasteiger partial charge on any atom is 0.328 e. The van der Waals surface area contributed by atoms with Crippen LogP contribution in [-0.4, -0.2) is 31.5 Å². The molecule has 1 fully saturated rings. The highest BCUT2D eigenvalue weighted by atomic mass is 19.1. The van der Waals surface area contributed by atoms with Gasteiger partial charge in [-0.3, -0.25) is 9.69 Å². The number of hydrogen-bond donors (Lipinski definition) is 0. The van der Waals surface area contributed by atoms with E-state index in [1.54, 1.807) is 29.3 Å². The Hall–Kier alpha value is -4.26. The topological polar surface area (TPSA) is 58.4 Å². The predicted molar refractivity (Wildman–Crippen MR) is 121 cm³/mol. The summed E-state index contributed by atoms with van der Waals surface area (Å²) in [5.41, 5.74) is 2.80. The number of rotatable bonds is 6. The highest BCUT2D eigenvalue weighted by molar-refractivity contribution is 6.04. The summed E-state index contributed by atoms with van der Waals surface area (Å²) in [6.07, 6.45) is 1.69. The lowest BCUT2D eigenvalue weighted by atomic mass is 10.1. The van der Waals surface area contributed by atoms with E-state index in [9.17, 15) is 14.0 Å². The number of urea groups is 1. The minimum absolute atomic E-state index is 0.0363. The second kappa shape index (κ2) is 8.70. The lowest BCUT2D eigenvalue weighted by Gasteiger charge is -2.22. The Morgan fingerprint density at radius 2 is 1.55 bits per heavy atom. The first kappa shape index (κ1) is 20.6. The third kappa shape index (κ3) is 4.13. The van der Waals surface area contributed by atoms with Crippen LogP contribution in [0.1, 0.15) is 22.9 Å². The first-order valence-electron chi connectivity index (χ1n) is 10.6. The number of aromatic nitrogens is 2. The summed E-state index contributed by atoms with van der Waals surface area (Å²) < 4.78 is 15.1. The summed E-state index contributed by atoms with van der Waals surface area (Å²) >= 11 is 0. The van der Waals surface area contributed by atoms with Crippen molar-refractivity contribution in [3.63, 3.8) is 0 Å². The molecule has 0 radical (unpaired) electrons. The van der Waals surface area contributed by atoms with E-state index in [4.69, 9.17) is 0 Å². The zero-order valence-corrected chi connectivity index (χ0v) is 17.7. The number of carbonyl (C=O) groups excluding carboxylic acids is 2. The quantitative estimate of drug-likeness (QED) is 0.408. The second-order valence-electron chi connectivity index (χ2n) is 7.87. The monoisotopic (exact) mass is 440 g/mol. The van der Waals surface area contributed by atoms with Crippen LogP contribution in [-0.2, 0) is 17.9 Å². The van der Waals surface area contributed by atoms with Gasteiger partial charge in [0.1, 0.15) is 11.9 Å². The second-order valence-corrected chi connectivity index (χ2v) is 7.87. The predicted octanol–water partition coefficient (Wildman–Crippen LogP) is 4.72. The molecule has 7 heteroatoms. The summed E-state index contributed by atoms with van der Waals surface area (Å²) in [5, 5.41) is 4.45. The van der Waals surface area contributed by atoms with Gasteiger partial charge in [-0.1, -0.05) is 66.7 Å². The minimum atomic E-state index is -0.704. The molecule has 1 aliphatic rings. The normalized spacial score (nSPS) is 16.0. The van der Waals surface area contributed by atoms with Gasteiger partial charge in [0.25, 0.3) is 5.91 Å². The van der Waals surface area contributed by atoms with Gasteiger partial charge < -0.3 is 4.90 Å². The van der Waals surface area contributed by atoms with Crippen molar-refractivity contribution in [2.45, 2.75) is 19.1 Å². The number of amides is 3. The molecule has 2 heterocycles. The van der Waals surface area contributed by atoms with Crippen LogP contribution in [0.25, 0.3) is 5.69 Å². The van der Waals surface area contributed by atoms with E-state index in [1.807, 2.05) is 60.7 Å². The average Bonchev–Trinajstić information content (AvgIpc) is 3.40. The van der Waals surface area contributed by atoms with Crippen LogP contribution in [0.2, 0.25) is 0 Å². The Bertz CT molecular complexity index is 1290. The molecule has 3 aromatic carbocycles. The van der Waals surface area contributed by atoms with E-state index >= 15 is 0 Å². The molecule has 0 N–H and O–H groups in total. The average molecular weight is 440 g/mol. The maximum atomic E-state index is 13.6. The van der Waals surface area contributed by atoms with E-state index in [0.29, 0.717) is 17.9 Å². The molecule has 0 spiro atoms. The van der Waals surface area contributed by atoms with Gasteiger partial charge >= 0.3 is 6.03 Å². The first-order valence-corrected chi connectivity index (χ1v) is 10.6. The van der Waals surface area contributed by atoms with Crippen molar-refractivity contribution in [3.05, 3.63) is 120 Å². The van der Waals surface area contributed by atoms with Crippen LogP contribution in [0.3, 0.4) is 0 Å². The molecule has 1 aromatic heterocycles. The number of hydrogen-bond acceptors (Lipinski definition) is 3. The molecule has 3 amide bonds. The molecule has 1 saturated heterocycles. The van der Waals surface area contributed by atoms with Gasteiger partial charge in [-0.2, -0.15) is 5.10 Å². The van der Waals surface area contributed by atoms with Gasteiger partial charge in [0.15, 0.2) is 0 Å². The molecule has 0 bridgehead atoms. The zero-order chi connectivity index (χ0) is 22.8. The molecule has 164 valence electrons. The van der Waals surface area contributed by atoms with E-state index in [2.05, 4.69) is 5.10 Å². The van der Waals surface area contributed by atoms with Crippen molar-refractivity contribution in [1.29, 1.82) is 0 Å². The molecular weight excluding hydrogens is 419 g/mol. The number of nitrogens with zero attached hydrogens (tertiary/aromatic N) is 4. The van der Waals surface area contributed by atoms with Gasteiger partial charge in [-0.25, -0.2) is 13.9 Å². The molecule has 5 rings (SSSR count). The molecule has 1 aliphatic heterocycles. The van der Waals surface area contributed by atoms with Gasteiger partial charge in [-0.05, 0) is 35.4 Å². The van der Waals surface area contributed by atoms with Crippen molar-refractivity contribution in [3.8, 4) is 5.69 Å². The summed E-state index contributed by atoms with van der Waals surface area (Å²) in [5.74, 6) is -0.654. The van der Waals surface area contributed by atoms with E-state index in [1.165, 1.54) is 21.7 Å². The van der Waals surface area contributed by atoms with Crippen LogP contribution in [0.15, 0.2) is 97.2 Å². The van der Waals surface area contributed by atoms with Crippen LogP contribution in [0.4, 0.5) is 9.18 Å². The van der Waals surface area contributed by atoms with Gasteiger partial charge in [0, 0.05) is 12.7 Å². The van der Waals surface area contributed by atoms with Crippen LogP contribution in [0, 0.1) is 5.82 Å². The van der Waals surface area contributed by atoms with E-state index < -0.39 is 6.04 Å². The van der Waals surface area contributed by atoms with E-state index in [0.717, 1.165) is 11.1 Å². The number of benzene rings is 3. The van der Waals surface area contributed by atoms with Crippen molar-refractivity contribution in [2.24, 2.45) is 0 Å². The smallest absolute Gasteiger partial charge is 0.304 e. The highest BCUT2D eigenvalue weighted by Crippen LogP contribution is 2.33. The fraction of sp³-hybridized carbons (Fsp3) is 0.115. The highest BCUT2D eigenvalue weighted by Gasteiger charge is 2.45. The largest absolute Gasteiger partial charge is 0.328 e. The lowest BCUT2D eigenvalue weighted by Crippen LogP contribution is -2.32. The van der Waals surface area contributed by atoms with Crippen LogP contribution >= 0.6 is 0 Å². The van der Waals surface area contributed by atoms with Crippen molar-refractivity contribution in [2.75, 3.05) is 0 Å². The molecule has 33 heavy (non-hydrogen) atoms. The van der Waals surface area contributed by atoms with Crippen molar-refractivity contribution in [1.82, 2.24) is 19.6 Å². The molecular formula is C26H21FN4O2. The van der Waals surface area contributed by atoms with Gasteiger partial charge in [0.2, 0.25) is 0 Å². The number of imide groups is 1. The molecule has 1 atom stereocenters. The van der Waals surface area contributed by atoms with E-state index in [-0.39, 0.29) is 24.3 Å². The zero-order valence-electron chi connectivity index (χ0n) is 17.7. The fourth-order valence-corrected chi connectivity index (χ4v) is 4.05. The Kier molecular flexibility index (Phi) is 5.44. The fourth-order valence-electron chi connectivity index (χ4n) is 4.05. The number of halogens is 1. The van der Waals surface area contributed by atoms with Crippen LogP contribution in [0.5, 0.6) is 0 Å². The minimum Gasteiger partial charge on any atom is -0.304 e. The summed E-state index contributed by atoms with van der Waals surface area (Å²) in [6.45, 7) is 0.355. The number of carbonyl (C=O) groups is 2. The SMILES string of the molecule is O=C1C(c2ccccc2)N(Cc2ccccc2)C(=O)N1Cc1ccn(-c2cccc(F)c2)n1. The molecule has 0 saturated carbocycles. The Balaban J connectivity index is 1.43.